The first kappa shape index (κ1) is 32.0. The lowest BCUT2D eigenvalue weighted by Crippen LogP contribution is -2.54. The number of likely N-dealkylation sites (tertiary alicyclic amines) is 4. The summed E-state index contributed by atoms with van der Waals surface area (Å²) in [5, 5.41) is 0.442. The molecule has 3 atom stereocenters. The monoisotopic (exact) mass is 663 g/mol. The number of rotatable bonds is 7. The zero-order chi connectivity index (χ0) is 32.8. The first-order valence-electron chi connectivity index (χ1n) is 17.2. The number of piperazine rings is 1. The van der Waals surface area contributed by atoms with Crippen LogP contribution in [0.5, 0.6) is 0 Å². The Kier molecular flexibility index (Phi) is 8.97. The number of aromatic amines is 1. The van der Waals surface area contributed by atoms with Crippen LogP contribution in [-0.2, 0) is 22.4 Å². The molecule has 0 aliphatic carbocycles. The fourth-order valence-corrected chi connectivity index (χ4v) is 8.71. The minimum Gasteiger partial charge on any atom is -0.436 e. The number of amides is 2. The molecule has 4 aliphatic rings. The molecule has 7 rings (SSSR count). The minimum absolute atomic E-state index is 0.0305. The smallest absolute Gasteiger partial charge is 0.410 e. The van der Waals surface area contributed by atoms with E-state index in [1.165, 1.54) is 6.42 Å². The number of anilines is 1. The maximum atomic E-state index is 14.1. The third kappa shape index (κ3) is 6.25. The molecule has 4 saturated heterocycles. The highest BCUT2D eigenvalue weighted by molar-refractivity contribution is 6.33. The van der Waals surface area contributed by atoms with Gasteiger partial charge in [0.2, 0.25) is 0 Å². The number of aromatic nitrogens is 2. The quantitative estimate of drug-likeness (QED) is 0.368. The molecule has 5 heterocycles. The number of piperidine rings is 2. The molecule has 2 aromatic carbocycles. The Bertz CT molecular complexity index is 1690. The standard InChI is InChI=1S/C35H46ClN7O4/c1-3-23-16-22(17-28(36)32(23)37)18-31(33(44)40-12-8-24(9-13-40)42-21-26-19-27(42)20-39(26)2)47-35(46)41-14-10-25(11-15-41)43-30-7-5-4-6-29(30)38-34(43)45/h4-7,16-17,24-27,31H,3,8-15,18-21,37H2,1-2H3,(H,38,45)/t26?,27?,31-/m1/s1. The lowest BCUT2D eigenvalue weighted by atomic mass is 9.99. The van der Waals surface area contributed by atoms with Crippen LogP contribution in [-0.4, -0.2) is 112 Å². The number of carbonyl (C=O) groups excluding carboxylic acids is 2. The van der Waals surface area contributed by atoms with E-state index in [4.69, 9.17) is 22.1 Å². The Labute approximate surface area is 280 Å². The molecule has 2 unspecified atom stereocenters. The van der Waals surface area contributed by atoms with Crippen LogP contribution < -0.4 is 11.4 Å². The van der Waals surface area contributed by atoms with Crippen molar-refractivity contribution in [3.8, 4) is 0 Å². The summed E-state index contributed by atoms with van der Waals surface area (Å²) in [4.78, 5) is 52.1. The van der Waals surface area contributed by atoms with Gasteiger partial charge >= 0.3 is 11.8 Å². The number of nitrogens with zero attached hydrogens (tertiary/aromatic N) is 5. The summed E-state index contributed by atoms with van der Waals surface area (Å²) in [6.45, 7) is 6.41. The van der Waals surface area contributed by atoms with Crippen LogP contribution in [0, 0.1) is 0 Å². The summed E-state index contributed by atoms with van der Waals surface area (Å²) < 4.78 is 7.88. The predicted octanol–water partition coefficient (Wildman–Crippen LogP) is 3.89. The van der Waals surface area contributed by atoms with Crippen LogP contribution in [0.2, 0.25) is 5.02 Å². The van der Waals surface area contributed by atoms with Crippen molar-refractivity contribution in [2.24, 2.45) is 0 Å². The Balaban J connectivity index is 1.03. The van der Waals surface area contributed by atoms with E-state index in [-0.39, 0.29) is 24.1 Å². The highest BCUT2D eigenvalue weighted by Crippen LogP contribution is 2.34. The summed E-state index contributed by atoms with van der Waals surface area (Å²) in [5.74, 6) is -0.161. The molecule has 2 amide bonds. The number of halogens is 1. The van der Waals surface area contributed by atoms with Crippen LogP contribution in [0.25, 0.3) is 11.0 Å². The van der Waals surface area contributed by atoms with Crippen molar-refractivity contribution in [2.75, 3.05) is 52.0 Å². The first-order chi connectivity index (χ1) is 22.7. The molecule has 2 bridgehead atoms. The molecule has 252 valence electrons. The molecule has 4 fully saturated rings. The van der Waals surface area contributed by atoms with Crippen molar-refractivity contribution in [3.05, 3.63) is 63.0 Å². The van der Waals surface area contributed by atoms with Gasteiger partial charge in [-0.15, -0.1) is 0 Å². The van der Waals surface area contributed by atoms with E-state index in [9.17, 15) is 14.4 Å². The van der Waals surface area contributed by atoms with Gasteiger partial charge in [-0.1, -0.05) is 36.7 Å². The topological polar surface area (TPSA) is 120 Å². The number of aryl methyl sites for hydroxylation is 1. The average Bonchev–Trinajstić information content (AvgIpc) is 3.77. The van der Waals surface area contributed by atoms with Crippen LogP contribution in [0.1, 0.15) is 56.2 Å². The van der Waals surface area contributed by atoms with Gasteiger partial charge < -0.3 is 30.2 Å². The van der Waals surface area contributed by atoms with Gasteiger partial charge in [0.1, 0.15) is 0 Å². The molecule has 12 heteroatoms. The van der Waals surface area contributed by atoms with Gasteiger partial charge in [0.15, 0.2) is 6.10 Å². The highest BCUT2D eigenvalue weighted by atomic mass is 35.5. The third-order valence-corrected chi connectivity index (χ3v) is 11.4. The molecular weight excluding hydrogens is 618 g/mol. The SMILES string of the molecule is CCc1cc(C[C@@H](OC(=O)N2CCC(n3c(=O)[nH]c4ccccc43)CC2)C(=O)N2CCC(N3CC4CC3CN4C)CC2)cc(Cl)c1N. The average molecular weight is 664 g/mol. The number of benzene rings is 2. The van der Waals surface area contributed by atoms with Gasteiger partial charge in [-0.3, -0.25) is 14.3 Å². The zero-order valence-electron chi connectivity index (χ0n) is 27.4. The number of ether oxygens (including phenoxy) is 1. The van der Waals surface area contributed by atoms with Gasteiger partial charge in [-0.05, 0) is 74.9 Å². The molecular formula is C35H46ClN7O4. The number of nitrogens with one attached hydrogen (secondary N) is 1. The maximum absolute atomic E-state index is 14.1. The van der Waals surface area contributed by atoms with Crippen molar-refractivity contribution in [1.82, 2.24) is 29.2 Å². The predicted molar refractivity (Wildman–Crippen MR) is 183 cm³/mol. The summed E-state index contributed by atoms with van der Waals surface area (Å²) in [7, 11) is 2.22. The number of imidazole rings is 1. The van der Waals surface area contributed by atoms with E-state index in [0.29, 0.717) is 74.3 Å². The molecule has 3 aromatic rings. The largest absolute Gasteiger partial charge is 0.436 e. The summed E-state index contributed by atoms with van der Waals surface area (Å²) in [5.41, 5.74) is 10.00. The van der Waals surface area contributed by atoms with E-state index < -0.39 is 12.2 Å². The second-order valence-corrected chi connectivity index (χ2v) is 14.3. The number of hydrogen-bond donors (Lipinski definition) is 2. The van der Waals surface area contributed by atoms with Crippen LogP contribution in [0.4, 0.5) is 10.5 Å². The number of fused-ring (bicyclic) bond motifs is 3. The van der Waals surface area contributed by atoms with Gasteiger partial charge in [0.05, 0.1) is 21.7 Å². The number of nitrogens with two attached hydrogens (primary N) is 1. The number of nitrogen functional groups attached to an aromatic ring is 1. The van der Waals surface area contributed by atoms with Crippen molar-refractivity contribution in [3.63, 3.8) is 0 Å². The Morgan fingerprint density at radius 2 is 1.68 bits per heavy atom. The van der Waals surface area contributed by atoms with Gasteiger partial charge in [-0.25, -0.2) is 9.59 Å². The zero-order valence-corrected chi connectivity index (χ0v) is 28.1. The van der Waals surface area contributed by atoms with E-state index in [2.05, 4.69) is 21.8 Å². The normalized spacial score (nSPS) is 23.6. The molecule has 0 spiro atoms. The Morgan fingerprint density at radius 1 is 0.979 bits per heavy atom. The number of carbonyl (C=O) groups is 2. The van der Waals surface area contributed by atoms with Crippen molar-refractivity contribution < 1.29 is 14.3 Å². The fraction of sp³-hybridized carbons (Fsp3) is 0.571. The summed E-state index contributed by atoms with van der Waals surface area (Å²) >= 11 is 6.48. The van der Waals surface area contributed by atoms with Gasteiger partial charge in [-0.2, -0.15) is 0 Å². The minimum atomic E-state index is -0.978. The van der Waals surface area contributed by atoms with Crippen LogP contribution in [0.15, 0.2) is 41.2 Å². The Hall–Kier alpha value is -3.54. The van der Waals surface area contributed by atoms with Crippen molar-refractivity contribution in [2.45, 2.75) is 82.1 Å². The van der Waals surface area contributed by atoms with Crippen molar-refractivity contribution >= 4 is 40.3 Å². The fourth-order valence-electron chi connectivity index (χ4n) is 8.45. The molecule has 1 aromatic heterocycles. The number of para-hydroxylation sites is 2. The third-order valence-electron chi connectivity index (χ3n) is 11.1. The van der Waals surface area contributed by atoms with Crippen LogP contribution >= 0.6 is 11.6 Å². The Morgan fingerprint density at radius 3 is 2.36 bits per heavy atom. The number of likely N-dealkylation sites (N-methyl/N-ethyl adjacent to an activating group) is 1. The van der Waals surface area contributed by atoms with Gasteiger partial charge in [0, 0.05) is 69.9 Å². The van der Waals surface area contributed by atoms with E-state index in [1.54, 1.807) is 15.5 Å². The van der Waals surface area contributed by atoms with E-state index in [0.717, 1.165) is 48.1 Å². The van der Waals surface area contributed by atoms with Gasteiger partial charge in [0.25, 0.3) is 5.91 Å². The second kappa shape index (κ2) is 13.2. The summed E-state index contributed by atoms with van der Waals surface area (Å²) in [6.07, 6.45) is 3.77. The molecule has 0 radical (unpaired) electrons. The lowest BCUT2D eigenvalue weighted by molar-refractivity contribution is -0.142. The molecule has 47 heavy (non-hydrogen) atoms. The number of hydrogen-bond acceptors (Lipinski definition) is 7. The maximum Gasteiger partial charge on any atom is 0.410 e. The van der Waals surface area contributed by atoms with Crippen molar-refractivity contribution in [1.29, 1.82) is 0 Å². The van der Waals surface area contributed by atoms with Crippen LogP contribution in [0.3, 0.4) is 0 Å². The highest BCUT2D eigenvalue weighted by Gasteiger charge is 2.45. The van der Waals surface area contributed by atoms with E-state index >= 15 is 0 Å². The first-order valence-corrected chi connectivity index (χ1v) is 17.5. The lowest BCUT2D eigenvalue weighted by Gasteiger charge is -2.42. The second-order valence-electron chi connectivity index (χ2n) is 13.9. The molecule has 3 N–H and O–H groups in total. The molecule has 4 aliphatic heterocycles. The summed E-state index contributed by atoms with van der Waals surface area (Å²) in [6, 6.07) is 13.1. The van der Waals surface area contributed by atoms with E-state index in [1.807, 2.05) is 42.2 Å². The molecule has 11 nitrogen and oxygen atoms in total. The molecule has 0 saturated carbocycles. The number of H-pyrrole nitrogens is 1.